The minimum atomic E-state index is -2.38. The highest BCUT2D eigenvalue weighted by Crippen LogP contribution is 2.36. The van der Waals surface area contributed by atoms with Crippen LogP contribution in [-0.2, 0) is 4.43 Å². The second kappa shape index (κ2) is 7.43. The Hall–Kier alpha value is -1.42. The summed E-state index contributed by atoms with van der Waals surface area (Å²) in [6, 6.07) is 21.5. The minimum absolute atomic E-state index is 0.0318. The van der Waals surface area contributed by atoms with Gasteiger partial charge in [-0.15, -0.1) is 0 Å². The van der Waals surface area contributed by atoms with Crippen molar-refractivity contribution < 1.29 is 4.43 Å². The first-order valence-corrected chi connectivity index (χ1v) is 10.3. The van der Waals surface area contributed by atoms with Crippen molar-refractivity contribution >= 4 is 18.7 Å². The molecule has 0 unspecified atom stereocenters. The van der Waals surface area contributed by atoms with E-state index in [2.05, 4.69) is 88.4 Å². The summed E-state index contributed by atoms with van der Waals surface area (Å²) in [5, 5.41) is 2.68. The van der Waals surface area contributed by atoms with Crippen molar-refractivity contribution in [1.29, 1.82) is 0 Å². The molecule has 124 valence electrons. The van der Waals surface area contributed by atoms with Gasteiger partial charge in [0.05, 0.1) is 0 Å². The van der Waals surface area contributed by atoms with E-state index in [1.54, 1.807) is 0 Å². The number of hydrogen-bond donors (Lipinski definition) is 1. The average molecular weight is 328 g/mol. The van der Waals surface area contributed by atoms with E-state index in [1.165, 1.54) is 10.4 Å². The predicted octanol–water partition coefficient (Wildman–Crippen LogP) is 3.16. The summed E-state index contributed by atoms with van der Waals surface area (Å²) in [7, 11) is -2.38. The topological polar surface area (TPSA) is 35.2 Å². The van der Waals surface area contributed by atoms with Crippen LogP contribution in [0, 0.1) is 5.92 Å². The van der Waals surface area contributed by atoms with Crippen LogP contribution in [0.5, 0.6) is 0 Å². The van der Waals surface area contributed by atoms with Gasteiger partial charge in [0.1, 0.15) is 0 Å². The van der Waals surface area contributed by atoms with E-state index >= 15 is 0 Å². The second-order valence-corrected chi connectivity index (χ2v) is 11.6. The molecule has 0 bridgehead atoms. The number of nitrogens with two attached hydrogens (primary N) is 1. The highest BCUT2D eigenvalue weighted by Gasteiger charge is 2.50. The molecule has 1 atom stereocenters. The van der Waals surface area contributed by atoms with Crippen LogP contribution >= 0.6 is 0 Å². The molecule has 2 N–H and O–H groups in total. The summed E-state index contributed by atoms with van der Waals surface area (Å²) < 4.78 is 6.78. The first-order chi connectivity index (χ1) is 10.9. The van der Waals surface area contributed by atoms with Crippen molar-refractivity contribution in [2.75, 3.05) is 13.2 Å². The van der Waals surface area contributed by atoms with Crippen molar-refractivity contribution in [2.45, 2.75) is 32.7 Å². The molecule has 0 amide bonds. The van der Waals surface area contributed by atoms with Crippen LogP contribution in [0.4, 0.5) is 0 Å². The van der Waals surface area contributed by atoms with Crippen LogP contribution < -0.4 is 16.1 Å². The molecular weight excluding hydrogens is 298 g/mol. The quantitative estimate of drug-likeness (QED) is 0.827. The standard InChI is InChI=1S/C20H29NOSi/c1-17(15-21)16-22-23(20(2,3)4,18-11-7-5-8-12-18)19-13-9-6-10-14-19/h5-14,17H,15-16,21H2,1-4H3/t17-/m1/s1. The van der Waals surface area contributed by atoms with Crippen molar-refractivity contribution in [2.24, 2.45) is 11.7 Å². The summed E-state index contributed by atoms with van der Waals surface area (Å²) >= 11 is 0. The van der Waals surface area contributed by atoms with Crippen LogP contribution in [0.25, 0.3) is 0 Å². The van der Waals surface area contributed by atoms with Crippen LogP contribution in [-0.4, -0.2) is 21.5 Å². The van der Waals surface area contributed by atoms with Gasteiger partial charge in [0.25, 0.3) is 8.32 Å². The van der Waals surface area contributed by atoms with Gasteiger partial charge in [-0.25, -0.2) is 0 Å². The highest BCUT2D eigenvalue weighted by atomic mass is 28.4. The SMILES string of the molecule is C[C@H](CN)CO[Si](c1ccccc1)(c1ccccc1)C(C)(C)C. The molecule has 0 heterocycles. The Kier molecular flexibility index (Phi) is 5.79. The summed E-state index contributed by atoms with van der Waals surface area (Å²) in [4.78, 5) is 0. The Morgan fingerprint density at radius 1 is 0.913 bits per heavy atom. The van der Waals surface area contributed by atoms with E-state index in [1.807, 2.05) is 0 Å². The second-order valence-electron chi connectivity index (χ2n) is 7.32. The van der Waals surface area contributed by atoms with Crippen molar-refractivity contribution in [3.63, 3.8) is 0 Å². The third-order valence-electron chi connectivity index (χ3n) is 4.40. The molecule has 0 aliphatic rings. The molecule has 0 fully saturated rings. The molecule has 0 aliphatic carbocycles. The van der Waals surface area contributed by atoms with Crippen molar-refractivity contribution in [1.82, 2.24) is 0 Å². The molecule has 2 rings (SSSR count). The Balaban J connectivity index is 2.60. The normalized spacial score (nSPS) is 13.8. The van der Waals surface area contributed by atoms with Gasteiger partial charge >= 0.3 is 0 Å². The van der Waals surface area contributed by atoms with Gasteiger partial charge in [-0.05, 0) is 27.9 Å². The Bertz CT molecular complexity index is 553. The molecule has 0 spiro atoms. The van der Waals surface area contributed by atoms with E-state index in [9.17, 15) is 0 Å². The van der Waals surface area contributed by atoms with Gasteiger partial charge in [-0.2, -0.15) is 0 Å². The van der Waals surface area contributed by atoms with Gasteiger partial charge in [-0.1, -0.05) is 88.4 Å². The Morgan fingerprint density at radius 3 is 1.70 bits per heavy atom. The largest absolute Gasteiger partial charge is 0.407 e. The molecule has 0 aliphatic heterocycles. The fourth-order valence-corrected chi connectivity index (χ4v) is 7.79. The Morgan fingerprint density at radius 2 is 1.35 bits per heavy atom. The lowest BCUT2D eigenvalue weighted by Crippen LogP contribution is -2.67. The van der Waals surface area contributed by atoms with Crippen LogP contribution in [0.1, 0.15) is 27.7 Å². The van der Waals surface area contributed by atoms with Gasteiger partial charge < -0.3 is 10.2 Å². The lowest BCUT2D eigenvalue weighted by atomic mass is 10.2. The summed E-state index contributed by atoms with van der Waals surface area (Å²) in [5.41, 5.74) is 5.82. The van der Waals surface area contributed by atoms with E-state index in [-0.39, 0.29) is 5.04 Å². The third kappa shape index (κ3) is 3.74. The number of hydrogen-bond acceptors (Lipinski definition) is 2. The van der Waals surface area contributed by atoms with E-state index in [0.29, 0.717) is 19.1 Å². The molecule has 3 heteroatoms. The molecule has 2 aromatic carbocycles. The molecule has 2 nitrogen and oxygen atoms in total. The fraction of sp³-hybridized carbons (Fsp3) is 0.400. The fourth-order valence-electron chi connectivity index (χ4n) is 3.10. The maximum absolute atomic E-state index is 6.78. The van der Waals surface area contributed by atoms with Gasteiger partial charge in [-0.3, -0.25) is 0 Å². The van der Waals surface area contributed by atoms with Crippen molar-refractivity contribution in [3.8, 4) is 0 Å². The highest BCUT2D eigenvalue weighted by molar-refractivity contribution is 6.99. The van der Waals surface area contributed by atoms with Crippen LogP contribution in [0.3, 0.4) is 0 Å². The molecule has 0 radical (unpaired) electrons. The minimum Gasteiger partial charge on any atom is -0.407 e. The summed E-state index contributed by atoms with van der Waals surface area (Å²) in [6.45, 7) is 10.4. The third-order valence-corrected chi connectivity index (χ3v) is 9.41. The monoisotopic (exact) mass is 327 g/mol. The molecule has 2 aromatic rings. The molecule has 0 saturated carbocycles. The van der Waals surface area contributed by atoms with E-state index in [4.69, 9.17) is 10.2 Å². The van der Waals surface area contributed by atoms with E-state index < -0.39 is 8.32 Å². The number of rotatable bonds is 6. The molecule has 0 saturated heterocycles. The maximum atomic E-state index is 6.78. The smallest absolute Gasteiger partial charge is 0.261 e. The van der Waals surface area contributed by atoms with Crippen molar-refractivity contribution in [3.05, 3.63) is 60.7 Å². The van der Waals surface area contributed by atoms with Crippen LogP contribution in [0.15, 0.2) is 60.7 Å². The summed E-state index contributed by atoms with van der Waals surface area (Å²) in [5.74, 6) is 0.358. The predicted molar refractivity (Wildman–Crippen MR) is 102 cm³/mol. The maximum Gasteiger partial charge on any atom is 0.261 e. The van der Waals surface area contributed by atoms with E-state index in [0.717, 1.165) is 0 Å². The molecular formula is C20H29NOSi. The Labute approximate surface area is 141 Å². The zero-order chi connectivity index (χ0) is 16.9. The summed E-state index contributed by atoms with van der Waals surface area (Å²) in [6.07, 6.45) is 0. The zero-order valence-corrected chi connectivity index (χ0v) is 15.8. The van der Waals surface area contributed by atoms with Gasteiger partial charge in [0, 0.05) is 6.61 Å². The van der Waals surface area contributed by atoms with Gasteiger partial charge in [0.15, 0.2) is 0 Å². The van der Waals surface area contributed by atoms with Gasteiger partial charge in [0.2, 0.25) is 0 Å². The molecule has 23 heavy (non-hydrogen) atoms. The molecule has 0 aromatic heterocycles. The average Bonchev–Trinajstić information content (AvgIpc) is 2.56. The lowest BCUT2D eigenvalue weighted by Gasteiger charge is -2.43. The number of benzene rings is 2. The first kappa shape index (κ1) is 17.9. The zero-order valence-electron chi connectivity index (χ0n) is 14.8. The first-order valence-electron chi connectivity index (χ1n) is 8.37. The van der Waals surface area contributed by atoms with Crippen LogP contribution in [0.2, 0.25) is 5.04 Å². The lowest BCUT2D eigenvalue weighted by molar-refractivity contribution is 0.248.